The third-order valence-corrected chi connectivity index (χ3v) is 5.56. The van der Waals surface area contributed by atoms with E-state index in [1.165, 1.54) is 6.21 Å². The number of nitrogens with zero attached hydrogens (tertiary/aromatic N) is 2. The van der Waals surface area contributed by atoms with Crippen molar-refractivity contribution in [1.29, 1.82) is 0 Å². The predicted octanol–water partition coefficient (Wildman–Crippen LogP) is 4.18. The lowest BCUT2D eigenvalue weighted by Gasteiger charge is -2.10. The molecule has 2 amide bonds. The highest BCUT2D eigenvalue weighted by molar-refractivity contribution is 6.42. The molecule has 0 spiro atoms. The molecule has 0 saturated carbocycles. The van der Waals surface area contributed by atoms with Crippen molar-refractivity contribution in [3.8, 4) is 11.4 Å². The molecule has 0 saturated heterocycles. The molecule has 32 heavy (non-hydrogen) atoms. The van der Waals surface area contributed by atoms with Crippen molar-refractivity contribution in [1.82, 2.24) is 15.3 Å². The monoisotopic (exact) mass is 472 g/mol. The summed E-state index contributed by atoms with van der Waals surface area (Å²) in [7, 11) is 1.58. The number of hydrogen-bond donors (Lipinski definition) is 2. The Morgan fingerprint density at radius 1 is 1.03 bits per heavy atom. The molecule has 0 atom stereocenters. The van der Waals surface area contributed by atoms with Gasteiger partial charge in [-0.1, -0.05) is 35.3 Å². The summed E-state index contributed by atoms with van der Waals surface area (Å²) in [5.41, 5.74) is 6.57. The Bertz CT molecular complexity index is 1170. The van der Waals surface area contributed by atoms with E-state index in [0.717, 1.165) is 28.2 Å². The highest BCUT2D eigenvalue weighted by Gasteiger charge is 2.13. The number of amides is 2. The van der Waals surface area contributed by atoms with E-state index in [4.69, 9.17) is 27.9 Å². The summed E-state index contributed by atoms with van der Waals surface area (Å²) < 4.78 is 7.08. The Labute approximate surface area is 196 Å². The van der Waals surface area contributed by atoms with Gasteiger partial charge in [0.05, 0.1) is 23.4 Å². The predicted molar refractivity (Wildman–Crippen MR) is 126 cm³/mol. The van der Waals surface area contributed by atoms with Gasteiger partial charge in [0.15, 0.2) is 0 Å². The van der Waals surface area contributed by atoms with Crippen LogP contribution in [0.15, 0.2) is 53.6 Å². The molecule has 7 nitrogen and oxygen atoms in total. The topological polar surface area (TPSA) is 84.7 Å². The van der Waals surface area contributed by atoms with Crippen LogP contribution < -0.4 is 15.5 Å². The molecular formula is C23H22Cl2N4O3. The van der Waals surface area contributed by atoms with Crippen molar-refractivity contribution < 1.29 is 14.3 Å². The van der Waals surface area contributed by atoms with E-state index < -0.39 is 11.8 Å². The molecule has 0 unspecified atom stereocenters. The van der Waals surface area contributed by atoms with Gasteiger partial charge in [0, 0.05) is 29.2 Å². The minimum Gasteiger partial charge on any atom is -0.497 e. The van der Waals surface area contributed by atoms with Crippen LogP contribution in [0.1, 0.15) is 22.5 Å². The molecule has 1 aromatic heterocycles. The first-order chi connectivity index (χ1) is 15.3. The zero-order valence-corrected chi connectivity index (χ0v) is 19.3. The summed E-state index contributed by atoms with van der Waals surface area (Å²) in [4.78, 5) is 24.0. The number of benzene rings is 2. The molecule has 2 N–H and O–H groups in total. The number of methoxy groups -OCH3 is 1. The molecular weight excluding hydrogens is 451 g/mol. The van der Waals surface area contributed by atoms with E-state index in [9.17, 15) is 9.59 Å². The van der Waals surface area contributed by atoms with Gasteiger partial charge in [0.1, 0.15) is 5.75 Å². The van der Waals surface area contributed by atoms with Crippen LogP contribution in [-0.4, -0.2) is 29.7 Å². The number of ether oxygens (including phenoxy) is 1. The highest BCUT2D eigenvalue weighted by atomic mass is 35.5. The van der Waals surface area contributed by atoms with Gasteiger partial charge < -0.3 is 14.6 Å². The fourth-order valence-corrected chi connectivity index (χ4v) is 3.45. The van der Waals surface area contributed by atoms with E-state index in [1.54, 1.807) is 43.5 Å². The largest absolute Gasteiger partial charge is 0.497 e. The molecule has 0 radical (unpaired) electrons. The standard InChI is InChI=1S/C23H22Cl2N4O3/c1-14-10-17(15(2)29(14)18-6-9-20(24)21(25)11-18)13-27-28-23(31)22(30)26-12-16-4-7-19(32-3)8-5-16/h4-11,13H,12H2,1-3H3,(H,26,30)(H,28,31)/b27-13-. The molecule has 2 aromatic carbocycles. The number of hydrazone groups is 1. The second-order valence-electron chi connectivity index (χ2n) is 6.99. The molecule has 0 aliphatic carbocycles. The van der Waals surface area contributed by atoms with Crippen molar-refractivity contribution in [3.05, 3.63) is 81.1 Å². The fraction of sp³-hybridized carbons (Fsp3) is 0.174. The molecule has 3 aromatic rings. The summed E-state index contributed by atoms with van der Waals surface area (Å²) in [5.74, 6) is -0.919. The maximum Gasteiger partial charge on any atom is 0.329 e. The molecule has 0 aliphatic rings. The van der Waals surface area contributed by atoms with Crippen LogP contribution in [0.2, 0.25) is 10.0 Å². The number of aryl methyl sites for hydroxylation is 1. The van der Waals surface area contributed by atoms with Gasteiger partial charge in [-0.25, -0.2) is 5.43 Å². The normalized spacial score (nSPS) is 10.9. The van der Waals surface area contributed by atoms with Gasteiger partial charge in [-0.05, 0) is 55.8 Å². The van der Waals surface area contributed by atoms with Crippen molar-refractivity contribution in [2.45, 2.75) is 20.4 Å². The third kappa shape index (κ3) is 5.49. The van der Waals surface area contributed by atoms with Crippen LogP contribution in [-0.2, 0) is 16.1 Å². The van der Waals surface area contributed by atoms with Crippen LogP contribution in [0.25, 0.3) is 5.69 Å². The van der Waals surface area contributed by atoms with Gasteiger partial charge in [-0.2, -0.15) is 5.10 Å². The number of halogens is 2. The quantitative estimate of drug-likeness (QED) is 0.320. The molecule has 0 fully saturated rings. The third-order valence-electron chi connectivity index (χ3n) is 4.82. The lowest BCUT2D eigenvalue weighted by atomic mass is 10.2. The molecule has 166 valence electrons. The average Bonchev–Trinajstić information content (AvgIpc) is 3.07. The van der Waals surface area contributed by atoms with Crippen LogP contribution in [0, 0.1) is 13.8 Å². The van der Waals surface area contributed by atoms with E-state index in [1.807, 2.05) is 30.5 Å². The van der Waals surface area contributed by atoms with Gasteiger partial charge in [0.2, 0.25) is 0 Å². The van der Waals surface area contributed by atoms with Crippen LogP contribution >= 0.6 is 23.2 Å². The lowest BCUT2D eigenvalue weighted by Crippen LogP contribution is -2.37. The summed E-state index contributed by atoms with van der Waals surface area (Å²) in [6, 6.07) is 14.5. The van der Waals surface area contributed by atoms with E-state index in [0.29, 0.717) is 15.8 Å². The van der Waals surface area contributed by atoms with Gasteiger partial charge >= 0.3 is 11.8 Å². The summed E-state index contributed by atoms with van der Waals surface area (Å²) in [6.45, 7) is 4.07. The number of carbonyl (C=O) groups excluding carboxylic acids is 2. The first-order valence-electron chi connectivity index (χ1n) is 9.68. The first-order valence-corrected chi connectivity index (χ1v) is 10.4. The fourth-order valence-electron chi connectivity index (χ4n) is 3.16. The molecule has 1 heterocycles. The van der Waals surface area contributed by atoms with Crippen molar-refractivity contribution in [3.63, 3.8) is 0 Å². The maximum atomic E-state index is 12.0. The average molecular weight is 473 g/mol. The van der Waals surface area contributed by atoms with E-state index >= 15 is 0 Å². The van der Waals surface area contributed by atoms with Crippen LogP contribution in [0.4, 0.5) is 0 Å². The number of aromatic nitrogens is 1. The van der Waals surface area contributed by atoms with Gasteiger partial charge in [-0.15, -0.1) is 0 Å². The SMILES string of the molecule is COc1ccc(CNC(=O)C(=O)N/N=C\c2cc(C)n(-c3ccc(Cl)c(Cl)c3)c2C)cc1. The summed E-state index contributed by atoms with van der Waals surface area (Å²) >= 11 is 12.1. The summed E-state index contributed by atoms with van der Waals surface area (Å²) in [5, 5.41) is 7.40. The van der Waals surface area contributed by atoms with Crippen molar-refractivity contribution in [2.75, 3.05) is 7.11 Å². The van der Waals surface area contributed by atoms with Crippen molar-refractivity contribution >= 4 is 41.2 Å². The van der Waals surface area contributed by atoms with E-state index in [-0.39, 0.29) is 6.54 Å². The van der Waals surface area contributed by atoms with Crippen LogP contribution in [0.3, 0.4) is 0 Å². The van der Waals surface area contributed by atoms with Crippen molar-refractivity contribution in [2.24, 2.45) is 5.10 Å². The lowest BCUT2D eigenvalue weighted by molar-refractivity contribution is -0.139. The summed E-state index contributed by atoms with van der Waals surface area (Å²) in [6.07, 6.45) is 1.49. The minimum atomic E-state index is -0.854. The zero-order valence-electron chi connectivity index (χ0n) is 17.8. The Balaban J connectivity index is 1.60. The molecule has 9 heteroatoms. The zero-order chi connectivity index (χ0) is 23.3. The van der Waals surface area contributed by atoms with Gasteiger partial charge in [-0.3, -0.25) is 9.59 Å². The van der Waals surface area contributed by atoms with Gasteiger partial charge in [0.25, 0.3) is 0 Å². The highest BCUT2D eigenvalue weighted by Crippen LogP contribution is 2.27. The number of carbonyl (C=O) groups is 2. The Kier molecular flexibility index (Phi) is 7.56. The van der Waals surface area contributed by atoms with Crippen LogP contribution in [0.5, 0.6) is 5.75 Å². The Morgan fingerprint density at radius 2 is 1.75 bits per heavy atom. The number of rotatable bonds is 6. The molecule has 0 aliphatic heterocycles. The van der Waals surface area contributed by atoms with E-state index in [2.05, 4.69) is 15.8 Å². The first kappa shape index (κ1) is 23.4. The smallest absolute Gasteiger partial charge is 0.329 e. The second kappa shape index (κ2) is 10.3. The maximum absolute atomic E-state index is 12.0. The Morgan fingerprint density at radius 3 is 2.41 bits per heavy atom. The molecule has 3 rings (SSSR count). The minimum absolute atomic E-state index is 0.213. The second-order valence-corrected chi connectivity index (χ2v) is 7.80. The number of hydrogen-bond acceptors (Lipinski definition) is 4. The number of nitrogens with one attached hydrogen (secondary N) is 2. The molecule has 0 bridgehead atoms. The Hall–Kier alpha value is -3.29.